The van der Waals surface area contributed by atoms with Crippen LogP contribution in [0.15, 0.2) is 60.7 Å². The Morgan fingerprint density at radius 2 is 1.74 bits per heavy atom. The van der Waals surface area contributed by atoms with Gasteiger partial charge in [0.25, 0.3) is 0 Å². The van der Waals surface area contributed by atoms with Crippen LogP contribution in [0.4, 0.5) is 20.6 Å². The molecule has 3 aromatic carbocycles. The molecule has 10 nitrogen and oxygen atoms in total. The Balaban J connectivity index is 1.34. The number of carbonyl (C=O) groups excluding carboxylic acids is 2. The molecule has 3 N–H and O–H groups in total. The number of nitrogens with one attached hydrogen (secondary N) is 2. The Labute approximate surface area is 250 Å². The number of ether oxygens (including phenoxy) is 3. The third-order valence-electron chi connectivity index (χ3n) is 7.66. The van der Waals surface area contributed by atoms with Gasteiger partial charge in [-0.1, -0.05) is 13.0 Å². The number of fused-ring (bicyclic) bond motifs is 2. The molecule has 228 valence electrons. The number of benzene rings is 3. The van der Waals surface area contributed by atoms with Gasteiger partial charge in [0, 0.05) is 42.5 Å². The summed E-state index contributed by atoms with van der Waals surface area (Å²) >= 11 is 0. The van der Waals surface area contributed by atoms with E-state index in [1.54, 1.807) is 23.1 Å². The van der Waals surface area contributed by atoms with Crippen molar-refractivity contribution in [3.63, 3.8) is 0 Å². The lowest BCUT2D eigenvalue weighted by atomic mass is 10.0. The molecule has 0 bridgehead atoms. The van der Waals surface area contributed by atoms with E-state index in [1.807, 2.05) is 39.1 Å². The van der Waals surface area contributed by atoms with E-state index < -0.39 is 11.8 Å². The molecule has 0 radical (unpaired) electrons. The highest BCUT2D eigenvalue weighted by Gasteiger charge is 2.31. The number of nitrogens with zero attached hydrogens (tertiary/aromatic N) is 2. The van der Waals surface area contributed by atoms with Crippen molar-refractivity contribution in [3.05, 3.63) is 77.6 Å². The third kappa shape index (κ3) is 7.54. The number of aliphatic hydroxyl groups excluding tert-OH is 1. The lowest BCUT2D eigenvalue weighted by Crippen LogP contribution is -2.47. The molecule has 0 saturated carbocycles. The number of aliphatic hydroxyl groups is 1. The first-order valence-corrected chi connectivity index (χ1v) is 14.3. The van der Waals surface area contributed by atoms with Crippen molar-refractivity contribution in [3.8, 4) is 17.2 Å². The minimum absolute atomic E-state index is 0.0429. The largest absolute Gasteiger partial charge is 0.488 e. The zero-order valence-corrected chi connectivity index (χ0v) is 24.5. The highest BCUT2D eigenvalue weighted by molar-refractivity contribution is 6.00. The molecule has 0 spiro atoms. The molecular weight excluding hydrogens is 555 g/mol. The van der Waals surface area contributed by atoms with Gasteiger partial charge in [-0.05, 0) is 74.1 Å². The van der Waals surface area contributed by atoms with Crippen molar-refractivity contribution in [2.24, 2.45) is 5.92 Å². The van der Waals surface area contributed by atoms with Crippen molar-refractivity contribution in [1.82, 2.24) is 9.80 Å². The van der Waals surface area contributed by atoms with Gasteiger partial charge in [-0.2, -0.15) is 0 Å². The standard InChI is InChI=1S/C32H37FN4O6/c1-20-15-37(21(2)18-38)31(39)14-23-13-26(35-32(40)34-25-7-5-24(33)6-8-25)9-11-27(23)43-30(20)17-36(3)16-22-4-10-28-29(12-22)42-19-41-28/h4-13,20-21,30,38H,14-19H2,1-3H3,(H2,34,35,40)/t20-,21-,30-/m0/s1. The molecule has 3 aromatic rings. The number of rotatable bonds is 8. The lowest BCUT2D eigenvalue weighted by molar-refractivity contribution is -0.134. The monoisotopic (exact) mass is 592 g/mol. The van der Waals surface area contributed by atoms with Gasteiger partial charge >= 0.3 is 6.03 Å². The van der Waals surface area contributed by atoms with Crippen LogP contribution >= 0.6 is 0 Å². The first-order valence-electron chi connectivity index (χ1n) is 14.3. The minimum atomic E-state index is -0.506. The van der Waals surface area contributed by atoms with Crippen LogP contribution in [0.2, 0.25) is 0 Å². The van der Waals surface area contributed by atoms with E-state index in [1.165, 1.54) is 24.3 Å². The zero-order valence-electron chi connectivity index (χ0n) is 24.5. The van der Waals surface area contributed by atoms with E-state index in [0.29, 0.717) is 42.3 Å². The normalized spacial score (nSPS) is 18.7. The molecular formula is C32H37FN4O6. The molecule has 2 aliphatic heterocycles. The molecule has 0 aliphatic carbocycles. The Morgan fingerprint density at radius 1 is 1.05 bits per heavy atom. The molecule has 11 heteroatoms. The van der Waals surface area contributed by atoms with Gasteiger partial charge in [0.05, 0.1) is 19.1 Å². The van der Waals surface area contributed by atoms with E-state index in [-0.39, 0.29) is 43.8 Å². The minimum Gasteiger partial charge on any atom is -0.488 e. The zero-order chi connectivity index (χ0) is 30.5. The lowest BCUT2D eigenvalue weighted by Gasteiger charge is -2.34. The van der Waals surface area contributed by atoms with Gasteiger partial charge in [0.2, 0.25) is 12.7 Å². The molecule has 2 aliphatic rings. The summed E-state index contributed by atoms with van der Waals surface area (Å²) in [4.78, 5) is 30.0. The van der Waals surface area contributed by atoms with Crippen LogP contribution in [-0.2, 0) is 17.8 Å². The summed E-state index contributed by atoms with van der Waals surface area (Å²) in [6, 6.07) is 15.7. The SMILES string of the molecule is C[C@H]1CN([C@@H](C)CO)C(=O)Cc2cc(NC(=O)Nc3ccc(F)cc3)ccc2O[C@H]1CN(C)Cc1ccc2c(c1)OCO2. The fraction of sp³-hybridized carbons (Fsp3) is 0.375. The summed E-state index contributed by atoms with van der Waals surface area (Å²) < 4.78 is 30.8. The quantitative estimate of drug-likeness (QED) is 0.354. The second kappa shape index (κ2) is 13.3. The second-order valence-electron chi connectivity index (χ2n) is 11.2. The molecule has 5 rings (SSSR count). The summed E-state index contributed by atoms with van der Waals surface area (Å²) in [5.41, 5.74) is 2.61. The molecule has 0 saturated heterocycles. The van der Waals surface area contributed by atoms with Crippen LogP contribution in [0, 0.1) is 11.7 Å². The summed E-state index contributed by atoms with van der Waals surface area (Å²) in [6.07, 6.45) is -0.237. The molecule has 2 heterocycles. The summed E-state index contributed by atoms with van der Waals surface area (Å²) in [5, 5.41) is 15.4. The maximum Gasteiger partial charge on any atom is 0.323 e. The highest BCUT2D eigenvalue weighted by Crippen LogP contribution is 2.33. The number of urea groups is 1. The third-order valence-corrected chi connectivity index (χ3v) is 7.66. The van der Waals surface area contributed by atoms with Crippen LogP contribution < -0.4 is 24.8 Å². The summed E-state index contributed by atoms with van der Waals surface area (Å²) in [7, 11) is 2.01. The molecule has 3 amide bonds. The van der Waals surface area contributed by atoms with E-state index in [9.17, 15) is 19.1 Å². The van der Waals surface area contributed by atoms with Gasteiger partial charge < -0.3 is 34.9 Å². The second-order valence-corrected chi connectivity index (χ2v) is 11.2. The van der Waals surface area contributed by atoms with Gasteiger partial charge in [0.15, 0.2) is 11.5 Å². The Kier molecular flexibility index (Phi) is 9.32. The molecule has 3 atom stereocenters. The number of hydrogen-bond donors (Lipinski definition) is 3. The first kappa shape index (κ1) is 30.1. The van der Waals surface area contributed by atoms with Crippen molar-refractivity contribution in [1.29, 1.82) is 0 Å². The maximum atomic E-state index is 13.5. The molecule has 43 heavy (non-hydrogen) atoms. The van der Waals surface area contributed by atoms with Crippen LogP contribution in [0.5, 0.6) is 17.2 Å². The number of amides is 3. The van der Waals surface area contributed by atoms with Gasteiger partial charge in [0.1, 0.15) is 17.7 Å². The predicted octanol–water partition coefficient (Wildman–Crippen LogP) is 4.48. The number of likely N-dealkylation sites (N-methyl/N-ethyl adjacent to an activating group) is 1. The van der Waals surface area contributed by atoms with Crippen molar-refractivity contribution in [2.75, 3.05) is 44.2 Å². The predicted molar refractivity (Wildman–Crippen MR) is 160 cm³/mol. The number of hydrogen-bond acceptors (Lipinski definition) is 7. The summed E-state index contributed by atoms with van der Waals surface area (Å²) in [6.45, 7) is 5.57. The number of halogens is 1. The van der Waals surface area contributed by atoms with Crippen LogP contribution in [0.1, 0.15) is 25.0 Å². The fourth-order valence-electron chi connectivity index (χ4n) is 5.27. The van der Waals surface area contributed by atoms with E-state index in [4.69, 9.17) is 14.2 Å². The van der Waals surface area contributed by atoms with E-state index >= 15 is 0 Å². The molecule has 0 aromatic heterocycles. The molecule has 0 fully saturated rings. The van der Waals surface area contributed by atoms with Crippen molar-refractivity contribution < 1.29 is 33.3 Å². The highest BCUT2D eigenvalue weighted by atomic mass is 19.1. The summed E-state index contributed by atoms with van der Waals surface area (Å²) in [5.74, 6) is 1.44. The fourth-order valence-corrected chi connectivity index (χ4v) is 5.27. The van der Waals surface area contributed by atoms with E-state index in [2.05, 4.69) is 15.5 Å². The van der Waals surface area contributed by atoms with Gasteiger partial charge in [-0.25, -0.2) is 9.18 Å². The average molecular weight is 593 g/mol. The van der Waals surface area contributed by atoms with E-state index in [0.717, 1.165) is 17.1 Å². The van der Waals surface area contributed by atoms with Gasteiger partial charge in [-0.3, -0.25) is 9.69 Å². The van der Waals surface area contributed by atoms with Crippen molar-refractivity contribution in [2.45, 2.75) is 39.0 Å². The average Bonchev–Trinajstić information content (AvgIpc) is 3.46. The first-order chi connectivity index (χ1) is 20.7. The van der Waals surface area contributed by atoms with Gasteiger partial charge in [-0.15, -0.1) is 0 Å². The topological polar surface area (TPSA) is 113 Å². The Morgan fingerprint density at radius 3 is 2.51 bits per heavy atom. The molecule has 0 unspecified atom stereocenters. The van der Waals surface area contributed by atoms with Crippen molar-refractivity contribution >= 4 is 23.3 Å². The van der Waals surface area contributed by atoms with Crippen LogP contribution in [0.25, 0.3) is 0 Å². The van der Waals surface area contributed by atoms with Crippen LogP contribution in [0.3, 0.4) is 0 Å². The Hall–Kier alpha value is -4.35. The Bertz CT molecular complexity index is 1450. The number of carbonyl (C=O) groups is 2. The number of anilines is 2. The van der Waals surface area contributed by atoms with Crippen LogP contribution in [-0.4, -0.2) is 72.5 Å². The smallest absolute Gasteiger partial charge is 0.323 e. The maximum absolute atomic E-state index is 13.5.